The number of halogens is 3. The van der Waals surface area contributed by atoms with Crippen LogP contribution in [0.15, 0.2) is 30.5 Å². The first-order valence-electron chi connectivity index (χ1n) is 5.97. The number of aryl methyl sites for hydroxylation is 1. The summed E-state index contributed by atoms with van der Waals surface area (Å²) in [6, 6.07) is 5.87. The highest BCUT2D eigenvalue weighted by molar-refractivity contribution is 6.31. The van der Waals surface area contributed by atoms with Gasteiger partial charge in [0, 0.05) is 6.54 Å². The number of hydrogen-bond acceptors (Lipinski definition) is 3. The highest BCUT2D eigenvalue weighted by Crippen LogP contribution is 2.30. The standard InChI is InChI=1S/C13H13ClF2N2O2/c1-2-18-11(10(14)7-17-18)12(19)8-4-3-5-9(6-8)20-13(15)16/h3-7,12-13,19H,2H2,1H3. The van der Waals surface area contributed by atoms with Gasteiger partial charge in [-0.15, -0.1) is 0 Å². The molecule has 0 spiro atoms. The zero-order valence-corrected chi connectivity index (χ0v) is 11.4. The summed E-state index contributed by atoms with van der Waals surface area (Å²) in [5.41, 5.74) is 0.823. The Kier molecular flexibility index (Phi) is 4.57. The molecule has 1 aromatic carbocycles. The van der Waals surface area contributed by atoms with Gasteiger partial charge in [0.1, 0.15) is 11.9 Å². The molecule has 0 radical (unpaired) electrons. The summed E-state index contributed by atoms with van der Waals surface area (Å²) >= 11 is 6.00. The summed E-state index contributed by atoms with van der Waals surface area (Å²) in [7, 11) is 0. The van der Waals surface area contributed by atoms with Crippen LogP contribution in [0.2, 0.25) is 5.02 Å². The molecular formula is C13H13ClF2N2O2. The van der Waals surface area contributed by atoms with Crippen molar-refractivity contribution in [1.82, 2.24) is 9.78 Å². The van der Waals surface area contributed by atoms with Crippen molar-refractivity contribution >= 4 is 11.6 Å². The topological polar surface area (TPSA) is 47.3 Å². The van der Waals surface area contributed by atoms with Crippen LogP contribution in [0, 0.1) is 0 Å². The van der Waals surface area contributed by atoms with Crippen LogP contribution in [-0.2, 0) is 6.54 Å². The van der Waals surface area contributed by atoms with E-state index in [1.54, 1.807) is 10.7 Å². The Bertz CT molecular complexity index is 590. The first kappa shape index (κ1) is 14.7. The molecule has 1 unspecified atom stereocenters. The number of aliphatic hydroxyl groups excluding tert-OH is 1. The third-order valence-electron chi connectivity index (χ3n) is 2.79. The SMILES string of the molecule is CCn1ncc(Cl)c1C(O)c1cccc(OC(F)F)c1. The van der Waals surface area contributed by atoms with Crippen LogP contribution in [0.3, 0.4) is 0 Å². The van der Waals surface area contributed by atoms with Crippen molar-refractivity contribution in [2.75, 3.05) is 0 Å². The quantitative estimate of drug-likeness (QED) is 0.922. The van der Waals surface area contributed by atoms with Gasteiger partial charge in [0.05, 0.1) is 16.9 Å². The average molecular weight is 303 g/mol. The van der Waals surface area contributed by atoms with Crippen molar-refractivity contribution in [3.05, 3.63) is 46.7 Å². The average Bonchev–Trinajstić information content (AvgIpc) is 2.78. The number of aliphatic hydroxyl groups is 1. The molecule has 0 saturated carbocycles. The number of benzene rings is 1. The number of ether oxygens (including phenoxy) is 1. The van der Waals surface area contributed by atoms with E-state index in [0.29, 0.717) is 22.8 Å². The van der Waals surface area contributed by atoms with E-state index >= 15 is 0 Å². The molecule has 7 heteroatoms. The zero-order chi connectivity index (χ0) is 14.7. The first-order valence-corrected chi connectivity index (χ1v) is 6.34. The van der Waals surface area contributed by atoms with E-state index in [9.17, 15) is 13.9 Å². The summed E-state index contributed by atoms with van der Waals surface area (Å²) in [4.78, 5) is 0. The minimum atomic E-state index is -2.91. The van der Waals surface area contributed by atoms with Gasteiger partial charge in [-0.05, 0) is 24.6 Å². The molecule has 2 rings (SSSR count). The van der Waals surface area contributed by atoms with Crippen LogP contribution in [0.5, 0.6) is 5.75 Å². The van der Waals surface area contributed by atoms with E-state index in [-0.39, 0.29) is 5.75 Å². The maximum absolute atomic E-state index is 12.2. The summed E-state index contributed by atoms with van der Waals surface area (Å²) in [6.07, 6.45) is 0.370. The molecule has 108 valence electrons. The minimum Gasteiger partial charge on any atom is -0.435 e. The number of alkyl halides is 2. The van der Waals surface area contributed by atoms with Gasteiger partial charge in [0.25, 0.3) is 0 Å². The van der Waals surface area contributed by atoms with Crippen molar-refractivity contribution in [2.24, 2.45) is 0 Å². The molecule has 0 aliphatic carbocycles. The lowest BCUT2D eigenvalue weighted by atomic mass is 10.1. The molecule has 1 atom stereocenters. The lowest BCUT2D eigenvalue weighted by Crippen LogP contribution is -2.10. The monoisotopic (exact) mass is 302 g/mol. The molecule has 0 fully saturated rings. The third kappa shape index (κ3) is 3.08. The lowest BCUT2D eigenvalue weighted by Gasteiger charge is -2.14. The van der Waals surface area contributed by atoms with E-state index in [0.717, 1.165) is 0 Å². The van der Waals surface area contributed by atoms with E-state index in [1.165, 1.54) is 24.4 Å². The molecule has 0 aliphatic heterocycles. The van der Waals surface area contributed by atoms with Crippen molar-refractivity contribution in [1.29, 1.82) is 0 Å². The van der Waals surface area contributed by atoms with E-state index in [1.807, 2.05) is 6.92 Å². The maximum atomic E-state index is 12.2. The molecule has 0 aliphatic rings. The zero-order valence-electron chi connectivity index (χ0n) is 10.6. The Labute approximate surface area is 119 Å². The van der Waals surface area contributed by atoms with Crippen molar-refractivity contribution < 1.29 is 18.6 Å². The van der Waals surface area contributed by atoms with Crippen molar-refractivity contribution in [3.63, 3.8) is 0 Å². The van der Waals surface area contributed by atoms with Crippen LogP contribution < -0.4 is 4.74 Å². The fourth-order valence-electron chi connectivity index (χ4n) is 1.91. The van der Waals surface area contributed by atoms with Gasteiger partial charge in [-0.2, -0.15) is 13.9 Å². The van der Waals surface area contributed by atoms with Gasteiger partial charge < -0.3 is 9.84 Å². The van der Waals surface area contributed by atoms with Crippen molar-refractivity contribution in [2.45, 2.75) is 26.2 Å². The number of hydrogen-bond donors (Lipinski definition) is 1. The van der Waals surface area contributed by atoms with Gasteiger partial charge >= 0.3 is 6.61 Å². The van der Waals surface area contributed by atoms with E-state index in [4.69, 9.17) is 11.6 Å². The highest BCUT2D eigenvalue weighted by atomic mass is 35.5. The minimum absolute atomic E-state index is 0.0183. The largest absolute Gasteiger partial charge is 0.435 e. The van der Waals surface area contributed by atoms with Crippen LogP contribution in [0.1, 0.15) is 24.3 Å². The van der Waals surface area contributed by atoms with Crippen molar-refractivity contribution in [3.8, 4) is 5.75 Å². The van der Waals surface area contributed by atoms with Crippen LogP contribution in [0.25, 0.3) is 0 Å². The summed E-state index contributed by atoms with van der Waals surface area (Å²) < 4.78 is 30.2. The van der Waals surface area contributed by atoms with Gasteiger partial charge in [-0.25, -0.2) is 0 Å². The molecule has 0 bridgehead atoms. The number of rotatable bonds is 5. The highest BCUT2D eigenvalue weighted by Gasteiger charge is 2.20. The van der Waals surface area contributed by atoms with Crippen LogP contribution in [0.4, 0.5) is 8.78 Å². The molecule has 20 heavy (non-hydrogen) atoms. The van der Waals surface area contributed by atoms with Gasteiger partial charge in [0.2, 0.25) is 0 Å². The fourth-order valence-corrected chi connectivity index (χ4v) is 2.16. The van der Waals surface area contributed by atoms with Gasteiger partial charge in [-0.1, -0.05) is 23.7 Å². The third-order valence-corrected chi connectivity index (χ3v) is 3.08. The molecular weight excluding hydrogens is 290 g/mol. The Hall–Kier alpha value is -1.66. The Balaban J connectivity index is 2.33. The number of aromatic nitrogens is 2. The molecule has 1 heterocycles. The smallest absolute Gasteiger partial charge is 0.387 e. The molecule has 0 saturated heterocycles. The summed E-state index contributed by atoms with van der Waals surface area (Å²) in [6.45, 7) is -0.519. The normalized spacial score (nSPS) is 12.7. The van der Waals surface area contributed by atoms with Gasteiger partial charge in [0.15, 0.2) is 0 Å². The second-order valence-electron chi connectivity index (χ2n) is 4.05. The van der Waals surface area contributed by atoms with Crippen LogP contribution >= 0.6 is 11.6 Å². The van der Waals surface area contributed by atoms with E-state index < -0.39 is 12.7 Å². The Morgan fingerprint density at radius 1 is 1.45 bits per heavy atom. The predicted octanol–water partition coefficient (Wildman–Crippen LogP) is 3.24. The second kappa shape index (κ2) is 6.19. The second-order valence-corrected chi connectivity index (χ2v) is 4.45. The molecule has 0 amide bonds. The predicted molar refractivity (Wildman–Crippen MR) is 70.0 cm³/mol. The molecule has 1 N–H and O–H groups in total. The number of nitrogens with zero attached hydrogens (tertiary/aromatic N) is 2. The summed E-state index contributed by atoms with van der Waals surface area (Å²) in [5, 5.41) is 14.7. The maximum Gasteiger partial charge on any atom is 0.387 e. The van der Waals surface area contributed by atoms with Gasteiger partial charge in [-0.3, -0.25) is 4.68 Å². The Morgan fingerprint density at radius 3 is 2.85 bits per heavy atom. The lowest BCUT2D eigenvalue weighted by molar-refractivity contribution is -0.0499. The first-order chi connectivity index (χ1) is 9.52. The fraction of sp³-hybridized carbons (Fsp3) is 0.308. The molecule has 2 aromatic rings. The van der Waals surface area contributed by atoms with Crippen LogP contribution in [-0.4, -0.2) is 21.5 Å². The Morgan fingerprint density at radius 2 is 2.20 bits per heavy atom. The molecule has 1 aromatic heterocycles. The van der Waals surface area contributed by atoms with E-state index in [2.05, 4.69) is 9.84 Å². The molecule has 4 nitrogen and oxygen atoms in total. The summed E-state index contributed by atoms with van der Waals surface area (Å²) in [5.74, 6) is -0.0183.